The van der Waals surface area contributed by atoms with E-state index in [4.69, 9.17) is 0 Å². The minimum absolute atomic E-state index is 0. The number of pyridine rings is 1. The molecular weight excluding hydrogens is 298 g/mol. The Bertz CT molecular complexity index is 677. The molecule has 1 nitrogen and oxygen atoms in total. The molecule has 96 valence electrons. The molecule has 1 aromatic heterocycles. The topological polar surface area (TPSA) is 3.88 Å². The molecule has 3 aromatic rings. The van der Waals surface area contributed by atoms with Crippen molar-refractivity contribution in [2.75, 3.05) is 0 Å². The fraction of sp³-hybridized carbons (Fsp3) is 0.118. The molecule has 2 heteroatoms. The summed E-state index contributed by atoms with van der Waals surface area (Å²) >= 11 is 0. The maximum Gasteiger partial charge on any atom is 0.179 e. The minimum atomic E-state index is 0. The number of rotatable bonds is 2. The average Bonchev–Trinajstić information content (AvgIpc) is 2.41. The van der Waals surface area contributed by atoms with Gasteiger partial charge < -0.3 is 17.0 Å². The van der Waals surface area contributed by atoms with Gasteiger partial charge in [0.05, 0.1) is 0 Å². The number of aryl methyl sites for hydroxylation is 1. The summed E-state index contributed by atoms with van der Waals surface area (Å²) in [5.41, 5.74) is 2.62. The Balaban J connectivity index is 0.00000133. The summed E-state index contributed by atoms with van der Waals surface area (Å²) in [4.78, 5) is 0. The van der Waals surface area contributed by atoms with Crippen LogP contribution in [0.5, 0.6) is 0 Å². The van der Waals surface area contributed by atoms with E-state index in [1.54, 1.807) is 0 Å². The lowest BCUT2D eigenvalue weighted by Gasteiger charge is -2.03. The molecule has 2 aromatic carbocycles. The summed E-state index contributed by atoms with van der Waals surface area (Å²) in [6, 6.07) is 21.3. The predicted octanol–water partition coefficient (Wildman–Crippen LogP) is 0.488. The largest absolute Gasteiger partial charge is 1.00 e. The second-order valence-corrected chi connectivity index (χ2v) is 4.66. The lowest BCUT2D eigenvalue weighted by Crippen LogP contribution is -3.00. The summed E-state index contributed by atoms with van der Waals surface area (Å²) in [6.07, 6.45) is 2.23. The van der Waals surface area contributed by atoms with Gasteiger partial charge in [0, 0.05) is 23.9 Å². The molecule has 0 spiro atoms. The maximum absolute atomic E-state index is 2.30. The van der Waals surface area contributed by atoms with Crippen molar-refractivity contribution in [2.45, 2.75) is 13.5 Å². The van der Waals surface area contributed by atoms with E-state index in [9.17, 15) is 0 Å². The smallest absolute Gasteiger partial charge is 0.179 e. The Hall–Kier alpha value is -1.67. The summed E-state index contributed by atoms with van der Waals surface area (Å²) < 4.78 is 2.30. The SMILES string of the molecule is Cc1cc2ccccc2c[n+]1Cc1ccccc1.[Br-]. The van der Waals surface area contributed by atoms with Crippen LogP contribution in [-0.4, -0.2) is 0 Å². The first-order valence-corrected chi connectivity index (χ1v) is 6.26. The normalized spacial score (nSPS) is 10.2. The first kappa shape index (κ1) is 13.8. The molecule has 19 heavy (non-hydrogen) atoms. The second kappa shape index (κ2) is 5.98. The van der Waals surface area contributed by atoms with Gasteiger partial charge in [0.15, 0.2) is 18.4 Å². The first-order chi connectivity index (χ1) is 8.83. The molecular formula is C17H16BrN. The van der Waals surface area contributed by atoms with E-state index in [-0.39, 0.29) is 17.0 Å². The van der Waals surface area contributed by atoms with Gasteiger partial charge in [-0.3, -0.25) is 0 Å². The Morgan fingerprint density at radius 3 is 2.21 bits per heavy atom. The van der Waals surface area contributed by atoms with Crippen LogP contribution < -0.4 is 21.5 Å². The monoisotopic (exact) mass is 313 g/mol. The zero-order chi connectivity index (χ0) is 12.4. The molecule has 0 N–H and O–H groups in total. The van der Waals surface area contributed by atoms with E-state index in [1.165, 1.54) is 22.0 Å². The Morgan fingerprint density at radius 1 is 0.842 bits per heavy atom. The Labute approximate surface area is 124 Å². The molecule has 3 rings (SSSR count). The van der Waals surface area contributed by atoms with Gasteiger partial charge >= 0.3 is 0 Å². The van der Waals surface area contributed by atoms with Crippen LogP contribution in [-0.2, 0) is 6.54 Å². The van der Waals surface area contributed by atoms with E-state index in [2.05, 4.69) is 78.4 Å². The van der Waals surface area contributed by atoms with Crippen LogP contribution in [0.2, 0.25) is 0 Å². The van der Waals surface area contributed by atoms with Crippen molar-refractivity contribution in [1.29, 1.82) is 0 Å². The average molecular weight is 314 g/mol. The molecule has 0 radical (unpaired) electrons. The summed E-state index contributed by atoms with van der Waals surface area (Å²) in [5.74, 6) is 0. The van der Waals surface area contributed by atoms with E-state index in [1.807, 2.05) is 0 Å². The van der Waals surface area contributed by atoms with Gasteiger partial charge in [0.1, 0.15) is 0 Å². The van der Waals surface area contributed by atoms with Crippen LogP contribution in [0.25, 0.3) is 10.8 Å². The van der Waals surface area contributed by atoms with Gasteiger partial charge in [-0.05, 0) is 11.5 Å². The molecule has 0 aliphatic rings. The highest BCUT2D eigenvalue weighted by atomic mass is 79.9. The lowest BCUT2D eigenvalue weighted by atomic mass is 10.1. The maximum atomic E-state index is 2.30. The highest BCUT2D eigenvalue weighted by Crippen LogP contribution is 2.12. The molecule has 0 fully saturated rings. The van der Waals surface area contributed by atoms with Crippen molar-refractivity contribution >= 4 is 10.8 Å². The second-order valence-electron chi connectivity index (χ2n) is 4.66. The number of benzene rings is 2. The quantitative estimate of drug-likeness (QED) is 0.606. The van der Waals surface area contributed by atoms with E-state index >= 15 is 0 Å². The number of hydrogen-bond acceptors (Lipinski definition) is 0. The molecule has 0 bridgehead atoms. The summed E-state index contributed by atoms with van der Waals surface area (Å²) in [5, 5.41) is 2.60. The van der Waals surface area contributed by atoms with Gasteiger partial charge in [-0.15, -0.1) is 0 Å². The molecule has 0 atom stereocenters. The van der Waals surface area contributed by atoms with E-state index in [0.717, 1.165) is 6.54 Å². The van der Waals surface area contributed by atoms with Gasteiger partial charge in [-0.25, -0.2) is 0 Å². The van der Waals surface area contributed by atoms with Crippen LogP contribution in [0.4, 0.5) is 0 Å². The first-order valence-electron chi connectivity index (χ1n) is 6.26. The third-order valence-electron chi connectivity index (χ3n) is 3.30. The van der Waals surface area contributed by atoms with Crippen LogP contribution in [0.3, 0.4) is 0 Å². The molecule has 0 aliphatic carbocycles. The van der Waals surface area contributed by atoms with Crippen molar-refractivity contribution in [1.82, 2.24) is 0 Å². The predicted molar refractivity (Wildman–Crippen MR) is 74.4 cm³/mol. The van der Waals surface area contributed by atoms with E-state index in [0.29, 0.717) is 0 Å². The lowest BCUT2D eigenvalue weighted by molar-refractivity contribution is -0.693. The number of hydrogen-bond donors (Lipinski definition) is 0. The molecule has 1 heterocycles. The minimum Gasteiger partial charge on any atom is -1.00 e. The number of aromatic nitrogens is 1. The number of fused-ring (bicyclic) bond motifs is 1. The molecule has 0 amide bonds. The number of halogens is 1. The Morgan fingerprint density at radius 2 is 1.47 bits per heavy atom. The van der Waals surface area contributed by atoms with Crippen molar-refractivity contribution in [3.63, 3.8) is 0 Å². The fourth-order valence-corrected chi connectivity index (χ4v) is 2.29. The van der Waals surface area contributed by atoms with Crippen LogP contribution >= 0.6 is 0 Å². The van der Waals surface area contributed by atoms with Gasteiger partial charge in [0.25, 0.3) is 0 Å². The van der Waals surface area contributed by atoms with Crippen LogP contribution in [0.15, 0.2) is 66.9 Å². The van der Waals surface area contributed by atoms with Crippen molar-refractivity contribution < 1.29 is 21.5 Å². The molecule has 0 saturated carbocycles. The summed E-state index contributed by atoms with van der Waals surface area (Å²) in [7, 11) is 0. The molecule has 0 saturated heterocycles. The molecule has 0 aliphatic heterocycles. The van der Waals surface area contributed by atoms with Gasteiger partial charge in [-0.2, -0.15) is 4.57 Å². The zero-order valence-electron chi connectivity index (χ0n) is 10.9. The third kappa shape index (κ3) is 3.02. The fourth-order valence-electron chi connectivity index (χ4n) is 2.29. The summed E-state index contributed by atoms with van der Waals surface area (Å²) in [6.45, 7) is 3.09. The Kier molecular flexibility index (Phi) is 4.33. The highest BCUT2D eigenvalue weighted by molar-refractivity contribution is 5.80. The van der Waals surface area contributed by atoms with E-state index < -0.39 is 0 Å². The van der Waals surface area contributed by atoms with Gasteiger partial charge in [0.2, 0.25) is 0 Å². The number of nitrogens with zero attached hydrogens (tertiary/aromatic N) is 1. The van der Waals surface area contributed by atoms with Crippen LogP contribution in [0, 0.1) is 6.92 Å². The highest BCUT2D eigenvalue weighted by Gasteiger charge is 2.08. The van der Waals surface area contributed by atoms with Crippen molar-refractivity contribution in [3.8, 4) is 0 Å². The van der Waals surface area contributed by atoms with Crippen LogP contribution in [0.1, 0.15) is 11.3 Å². The van der Waals surface area contributed by atoms with Crippen molar-refractivity contribution in [2.24, 2.45) is 0 Å². The molecule has 0 unspecified atom stereocenters. The van der Waals surface area contributed by atoms with Crippen molar-refractivity contribution in [3.05, 3.63) is 78.1 Å². The van der Waals surface area contributed by atoms with Gasteiger partial charge in [-0.1, -0.05) is 48.5 Å². The third-order valence-corrected chi connectivity index (χ3v) is 3.30. The standard InChI is InChI=1S/C17H16N.BrH/c1-14-11-16-9-5-6-10-17(16)13-18(14)12-15-7-3-2-4-8-15;/h2-11,13H,12H2,1H3;1H/q+1;/p-1. The zero-order valence-corrected chi connectivity index (χ0v) is 12.5.